The fraction of sp³-hybridized carbons (Fsp3) is 0.500. The zero-order valence-corrected chi connectivity index (χ0v) is 19.7. The maximum absolute atomic E-state index is 14.0. The molecule has 34 heavy (non-hydrogen) atoms. The molecule has 2 bridgehead atoms. The second-order valence-electron chi connectivity index (χ2n) is 9.55. The number of aromatic nitrogens is 5. The minimum absolute atomic E-state index is 0.321. The predicted molar refractivity (Wildman–Crippen MR) is 126 cm³/mol. The number of anilines is 2. The SMILES string of the molecule is Cc1cc(N2C[C@H]3CC[C@@H](C2)C3Nc2nc3n(n2)CCCO[C@@H]3c2cc(F)cc(Cl)c2)cnn1. The molecule has 2 aromatic heterocycles. The van der Waals surface area contributed by atoms with Crippen molar-refractivity contribution in [2.24, 2.45) is 11.8 Å². The Morgan fingerprint density at radius 3 is 2.74 bits per heavy atom. The van der Waals surface area contributed by atoms with Crippen LogP contribution in [0.3, 0.4) is 0 Å². The van der Waals surface area contributed by atoms with Gasteiger partial charge in [0.2, 0.25) is 5.95 Å². The van der Waals surface area contributed by atoms with Crippen LogP contribution >= 0.6 is 11.6 Å². The smallest absolute Gasteiger partial charge is 0.242 e. The summed E-state index contributed by atoms with van der Waals surface area (Å²) >= 11 is 6.11. The van der Waals surface area contributed by atoms with E-state index in [2.05, 4.69) is 26.5 Å². The van der Waals surface area contributed by atoms with E-state index in [0.29, 0.717) is 53.4 Å². The van der Waals surface area contributed by atoms with Crippen molar-refractivity contribution >= 4 is 23.2 Å². The van der Waals surface area contributed by atoms with Crippen molar-refractivity contribution < 1.29 is 9.13 Å². The number of rotatable bonds is 4. The number of fused-ring (bicyclic) bond motifs is 3. The summed E-state index contributed by atoms with van der Waals surface area (Å²) < 4.78 is 22.0. The van der Waals surface area contributed by atoms with Gasteiger partial charge >= 0.3 is 0 Å². The number of piperidine rings is 1. The normalized spacial score (nSPS) is 26.3. The number of benzene rings is 1. The average molecular weight is 484 g/mol. The topological polar surface area (TPSA) is 81.0 Å². The number of ether oxygens (including phenoxy) is 1. The van der Waals surface area contributed by atoms with Gasteiger partial charge in [-0.15, -0.1) is 5.10 Å². The third kappa shape index (κ3) is 4.11. The van der Waals surface area contributed by atoms with Crippen LogP contribution in [0.15, 0.2) is 30.5 Å². The second kappa shape index (κ2) is 8.78. The van der Waals surface area contributed by atoms with Gasteiger partial charge in [-0.25, -0.2) is 9.07 Å². The van der Waals surface area contributed by atoms with Crippen molar-refractivity contribution in [3.05, 3.63) is 58.4 Å². The Bertz CT molecular complexity index is 1170. The Labute approximate surface area is 202 Å². The van der Waals surface area contributed by atoms with Gasteiger partial charge in [-0.1, -0.05) is 11.6 Å². The Balaban J connectivity index is 1.22. The summed E-state index contributed by atoms with van der Waals surface area (Å²) in [5, 5.41) is 17.0. The maximum Gasteiger partial charge on any atom is 0.242 e. The molecule has 1 saturated heterocycles. The lowest BCUT2D eigenvalue weighted by atomic mass is 9.92. The maximum atomic E-state index is 14.0. The average Bonchev–Trinajstić information content (AvgIpc) is 3.20. The first-order valence-electron chi connectivity index (χ1n) is 11.9. The van der Waals surface area contributed by atoms with Gasteiger partial charge in [-0.2, -0.15) is 15.2 Å². The zero-order valence-electron chi connectivity index (χ0n) is 19.0. The highest BCUT2D eigenvalue weighted by atomic mass is 35.5. The number of nitrogens with zero attached hydrogens (tertiary/aromatic N) is 6. The van der Waals surface area contributed by atoms with E-state index in [-0.39, 0.29) is 5.82 Å². The zero-order chi connectivity index (χ0) is 23.2. The van der Waals surface area contributed by atoms with Crippen LogP contribution in [0.25, 0.3) is 0 Å². The lowest BCUT2D eigenvalue weighted by Gasteiger charge is -2.39. The van der Waals surface area contributed by atoms with Gasteiger partial charge in [0.1, 0.15) is 11.9 Å². The molecule has 1 aliphatic carbocycles. The second-order valence-corrected chi connectivity index (χ2v) is 9.99. The number of hydrogen-bond donors (Lipinski definition) is 1. The van der Waals surface area contributed by atoms with E-state index in [4.69, 9.17) is 26.4 Å². The van der Waals surface area contributed by atoms with E-state index in [9.17, 15) is 4.39 Å². The quantitative estimate of drug-likeness (QED) is 0.600. The van der Waals surface area contributed by atoms with Gasteiger partial charge in [-0.05, 0) is 67.9 Å². The van der Waals surface area contributed by atoms with Crippen molar-refractivity contribution in [3.63, 3.8) is 0 Å². The molecule has 3 aliphatic rings. The van der Waals surface area contributed by atoms with Crippen molar-refractivity contribution in [2.45, 2.75) is 44.9 Å². The molecule has 0 radical (unpaired) electrons. The molecule has 1 saturated carbocycles. The van der Waals surface area contributed by atoms with Gasteiger partial charge in [0, 0.05) is 37.3 Å². The third-order valence-electron chi connectivity index (χ3n) is 7.18. The number of hydrogen-bond acceptors (Lipinski definition) is 7. The largest absolute Gasteiger partial charge is 0.369 e. The van der Waals surface area contributed by atoms with E-state index in [0.717, 1.165) is 30.9 Å². The molecule has 178 valence electrons. The van der Waals surface area contributed by atoms with Crippen LogP contribution in [0.4, 0.5) is 16.0 Å². The van der Waals surface area contributed by atoms with Crippen LogP contribution < -0.4 is 10.2 Å². The number of halogens is 2. The lowest BCUT2D eigenvalue weighted by molar-refractivity contribution is 0.0810. The first kappa shape index (κ1) is 21.7. The highest BCUT2D eigenvalue weighted by Crippen LogP contribution is 2.40. The minimum atomic E-state index is -0.500. The van der Waals surface area contributed by atoms with E-state index < -0.39 is 6.10 Å². The predicted octanol–water partition coefficient (Wildman–Crippen LogP) is 4.01. The molecule has 1 unspecified atom stereocenters. The Kier molecular flexibility index (Phi) is 5.61. The summed E-state index contributed by atoms with van der Waals surface area (Å²) in [7, 11) is 0. The van der Waals surface area contributed by atoms with Crippen molar-refractivity contribution in [1.82, 2.24) is 25.0 Å². The number of nitrogens with one attached hydrogen (secondary N) is 1. The molecule has 2 fully saturated rings. The van der Waals surface area contributed by atoms with Crippen molar-refractivity contribution in [3.8, 4) is 0 Å². The fourth-order valence-electron chi connectivity index (χ4n) is 5.69. The highest BCUT2D eigenvalue weighted by Gasteiger charge is 2.43. The molecule has 6 rings (SSSR count). The van der Waals surface area contributed by atoms with Crippen LogP contribution in [0.2, 0.25) is 5.02 Å². The van der Waals surface area contributed by atoms with Gasteiger partial charge < -0.3 is 15.0 Å². The summed E-state index contributed by atoms with van der Waals surface area (Å²) in [5.41, 5.74) is 2.73. The molecule has 4 heterocycles. The van der Waals surface area contributed by atoms with E-state index in [1.54, 1.807) is 6.07 Å². The summed E-state index contributed by atoms with van der Waals surface area (Å²) in [6.07, 6.45) is 4.53. The molecular weight excluding hydrogens is 457 g/mol. The van der Waals surface area contributed by atoms with Gasteiger partial charge in [0.25, 0.3) is 0 Å². The Morgan fingerprint density at radius 2 is 1.97 bits per heavy atom. The molecule has 4 atom stereocenters. The van der Waals surface area contributed by atoms with Gasteiger partial charge in [0.05, 0.1) is 17.6 Å². The third-order valence-corrected chi connectivity index (χ3v) is 7.40. The monoisotopic (exact) mass is 483 g/mol. The van der Waals surface area contributed by atoms with E-state index in [1.807, 2.05) is 17.8 Å². The van der Waals surface area contributed by atoms with Crippen molar-refractivity contribution in [1.29, 1.82) is 0 Å². The fourth-order valence-corrected chi connectivity index (χ4v) is 5.92. The summed E-state index contributed by atoms with van der Waals surface area (Å²) in [6.45, 7) is 5.19. The minimum Gasteiger partial charge on any atom is -0.369 e. The molecule has 3 aromatic rings. The van der Waals surface area contributed by atoms with Crippen LogP contribution in [-0.2, 0) is 11.3 Å². The first-order chi connectivity index (χ1) is 16.5. The molecule has 2 aliphatic heterocycles. The van der Waals surface area contributed by atoms with Gasteiger partial charge in [-0.3, -0.25) is 0 Å². The van der Waals surface area contributed by atoms with Crippen LogP contribution in [0.5, 0.6) is 0 Å². The molecular formula is C24H27ClFN7O. The molecule has 0 amide bonds. The Morgan fingerprint density at radius 1 is 1.15 bits per heavy atom. The van der Waals surface area contributed by atoms with E-state index in [1.165, 1.54) is 25.0 Å². The standard InChI is InChI=1S/C24H27ClFN7O/c1-14-7-20(11-27-30-14)32-12-15-3-4-16(13-32)21(15)28-24-29-23-22(34-6-2-5-33(23)31-24)17-8-18(25)10-19(26)9-17/h7-11,15-16,21-22H,2-6,12-13H2,1H3,(H,28,31)/t15-,16+,21?,22-/m1/s1. The van der Waals surface area contributed by atoms with Crippen molar-refractivity contribution in [2.75, 3.05) is 29.9 Å². The molecule has 1 N–H and O–H groups in total. The summed E-state index contributed by atoms with van der Waals surface area (Å²) in [4.78, 5) is 7.25. The van der Waals surface area contributed by atoms with E-state index >= 15 is 0 Å². The Hall–Kier alpha value is -2.78. The lowest BCUT2D eigenvalue weighted by Crippen LogP contribution is -2.48. The highest BCUT2D eigenvalue weighted by molar-refractivity contribution is 6.30. The number of aryl methyl sites for hydroxylation is 2. The van der Waals surface area contributed by atoms with Gasteiger partial charge in [0.15, 0.2) is 5.82 Å². The van der Waals surface area contributed by atoms with Crippen LogP contribution in [0, 0.1) is 24.6 Å². The van der Waals surface area contributed by atoms with Crippen LogP contribution in [0.1, 0.15) is 42.4 Å². The molecule has 8 nitrogen and oxygen atoms in total. The molecule has 10 heteroatoms. The summed E-state index contributed by atoms with van der Waals surface area (Å²) in [5.74, 6) is 1.92. The molecule has 0 spiro atoms. The van der Waals surface area contributed by atoms with Crippen LogP contribution in [-0.4, -0.2) is 50.7 Å². The summed E-state index contributed by atoms with van der Waals surface area (Å²) in [6, 6.07) is 6.91. The molecule has 1 aromatic carbocycles. The first-order valence-corrected chi connectivity index (χ1v) is 12.2.